The second-order valence-electron chi connectivity index (χ2n) is 4.78. The molecule has 0 saturated carbocycles. The maximum atomic E-state index is 11.5. The highest BCUT2D eigenvalue weighted by atomic mass is 32.1. The van der Waals surface area contributed by atoms with Gasteiger partial charge >= 0.3 is 5.97 Å². The number of aliphatic imine (C=N–C) groups is 1. The van der Waals surface area contributed by atoms with Gasteiger partial charge in [0.25, 0.3) is 5.69 Å². The van der Waals surface area contributed by atoms with Crippen molar-refractivity contribution in [3.63, 3.8) is 0 Å². The molecule has 7 nitrogen and oxygen atoms in total. The number of hydrogen-bond donors (Lipinski definition) is 0. The molecular formula is C16H11N3O4S. The molecule has 0 aliphatic carbocycles. The van der Waals surface area contributed by atoms with E-state index in [-0.39, 0.29) is 5.69 Å². The van der Waals surface area contributed by atoms with E-state index >= 15 is 0 Å². The lowest BCUT2D eigenvalue weighted by atomic mass is 10.2. The van der Waals surface area contributed by atoms with E-state index in [0.29, 0.717) is 16.3 Å². The topological polar surface area (TPSA) is 94.7 Å². The number of carbonyl (C=O) groups is 1. The van der Waals surface area contributed by atoms with Gasteiger partial charge in [0.05, 0.1) is 27.8 Å². The van der Waals surface area contributed by atoms with Crippen LogP contribution in [0, 0.1) is 10.1 Å². The molecule has 0 atom stereocenters. The summed E-state index contributed by atoms with van der Waals surface area (Å²) in [5, 5.41) is 11.3. The summed E-state index contributed by atoms with van der Waals surface area (Å²) in [7, 11) is 1.33. The molecule has 120 valence electrons. The van der Waals surface area contributed by atoms with Crippen molar-refractivity contribution >= 4 is 44.6 Å². The van der Waals surface area contributed by atoms with Gasteiger partial charge in [-0.05, 0) is 23.8 Å². The van der Waals surface area contributed by atoms with Gasteiger partial charge in [-0.25, -0.2) is 14.8 Å². The molecule has 0 amide bonds. The first-order valence-electron chi connectivity index (χ1n) is 6.84. The van der Waals surface area contributed by atoms with Gasteiger partial charge in [-0.3, -0.25) is 10.1 Å². The van der Waals surface area contributed by atoms with Crippen LogP contribution in [-0.2, 0) is 4.74 Å². The van der Waals surface area contributed by atoms with Crippen LogP contribution in [-0.4, -0.2) is 29.2 Å². The number of nitro groups is 1. The number of methoxy groups -OCH3 is 1. The van der Waals surface area contributed by atoms with Crippen LogP contribution in [0.5, 0.6) is 0 Å². The van der Waals surface area contributed by atoms with Gasteiger partial charge in [-0.2, -0.15) is 0 Å². The zero-order chi connectivity index (χ0) is 17.1. The standard InChI is InChI=1S/C16H11N3O4S/c1-23-15(20)11-5-6-13-14(8-11)24-16(18-13)17-9-10-3-2-4-12(7-10)19(21)22/h2-9H,1H3/b17-9+. The SMILES string of the molecule is COC(=O)c1ccc2nc(/N=C/c3cccc([N+](=O)[O-])c3)sc2c1. The fourth-order valence-corrected chi connectivity index (χ4v) is 2.91. The third-order valence-electron chi connectivity index (χ3n) is 3.20. The summed E-state index contributed by atoms with van der Waals surface area (Å²) < 4.78 is 5.50. The van der Waals surface area contributed by atoms with Crippen molar-refractivity contribution in [2.75, 3.05) is 7.11 Å². The van der Waals surface area contributed by atoms with Gasteiger partial charge < -0.3 is 4.74 Å². The van der Waals surface area contributed by atoms with Crippen LogP contribution in [0.4, 0.5) is 10.8 Å². The van der Waals surface area contributed by atoms with E-state index in [2.05, 4.69) is 14.7 Å². The van der Waals surface area contributed by atoms with E-state index in [1.807, 2.05) is 0 Å². The minimum atomic E-state index is -0.455. The molecule has 0 spiro atoms. The Bertz CT molecular complexity index is 965. The van der Waals surface area contributed by atoms with Crippen molar-refractivity contribution in [3.05, 3.63) is 63.7 Å². The Balaban J connectivity index is 1.88. The minimum Gasteiger partial charge on any atom is -0.465 e. The second kappa shape index (κ2) is 6.55. The molecule has 2 aromatic carbocycles. The van der Waals surface area contributed by atoms with Gasteiger partial charge in [0.15, 0.2) is 0 Å². The molecule has 1 heterocycles. The fourth-order valence-electron chi connectivity index (χ4n) is 2.06. The molecule has 0 fully saturated rings. The van der Waals surface area contributed by atoms with Crippen molar-refractivity contribution in [1.82, 2.24) is 4.98 Å². The minimum absolute atomic E-state index is 0.00553. The lowest BCUT2D eigenvalue weighted by Crippen LogP contribution is -1.99. The molecule has 8 heteroatoms. The zero-order valence-corrected chi connectivity index (χ0v) is 13.3. The van der Waals surface area contributed by atoms with Crippen LogP contribution in [0.15, 0.2) is 47.5 Å². The van der Waals surface area contributed by atoms with Gasteiger partial charge in [0.2, 0.25) is 5.13 Å². The summed E-state index contributed by atoms with van der Waals surface area (Å²) >= 11 is 1.32. The molecule has 3 aromatic rings. The highest BCUT2D eigenvalue weighted by molar-refractivity contribution is 7.22. The van der Waals surface area contributed by atoms with E-state index in [1.54, 1.807) is 30.3 Å². The Morgan fingerprint density at radius 1 is 1.33 bits per heavy atom. The molecule has 1 aromatic heterocycles. The molecule has 0 radical (unpaired) electrons. The van der Waals surface area contributed by atoms with Gasteiger partial charge in [0, 0.05) is 18.3 Å². The third-order valence-corrected chi connectivity index (χ3v) is 4.13. The van der Waals surface area contributed by atoms with Gasteiger partial charge in [-0.1, -0.05) is 23.5 Å². The largest absolute Gasteiger partial charge is 0.465 e. The molecule has 0 aliphatic rings. The summed E-state index contributed by atoms with van der Waals surface area (Å²) in [5.74, 6) is -0.410. The lowest BCUT2D eigenvalue weighted by Gasteiger charge is -1.97. The number of carbonyl (C=O) groups excluding carboxylic acids is 1. The van der Waals surface area contributed by atoms with Crippen molar-refractivity contribution < 1.29 is 14.5 Å². The average molecular weight is 341 g/mol. The number of nitrogens with zero attached hydrogens (tertiary/aromatic N) is 3. The van der Waals surface area contributed by atoms with E-state index in [1.165, 1.54) is 36.8 Å². The number of fused-ring (bicyclic) bond motifs is 1. The van der Waals surface area contributed by atoms with Crippen LogP contribution >= 0.6 is 11.3 Å². The average Bonchev–Trinajstić information content (AvgIpc) is 3.01. The summed E-state index contributed by atoms with van der Waals surface area (Å²) in [6.45, 7) is 0. The van der Waals surface area contributed by atoms with Gasteiger partial charge in [-0.15, -0.1) is 0 Å². The predicted molar refractivity (Wildman–Crippen MR) is 91.3 cm³/mol. The number of ether oxygens (including phenoxy) is 1. The molecule has 0 saturated heterocycles. The van der Waals surface area contributed by atoms with Crippen LogP contribution in [0.25, 0.3) is 10.2 Å². The number of aromatic nitrogens is 1. The number of benzene rings is 2. The first-order valence-corrected chi connectivity index (χ1v) is 7.66. The highest BCUT2D eigenvalue weighted by Crippen LogP contribution is 2.29. The number of rotatable bonds is 4. The van der Waals surface area contributed by atoms with E-state index in [4.69, 9.17) is 0 Å². The van der Waals surface area contributed by atoms with Crippen LogP contribution in [0.3, 0.4) is 0 Å². The Morgan fingerprint density at radius 3 is 2.92 bits per heavy atom. The monoisotopic (exact) mass is 341 g/mol. The van der Waals surface area contributed by atoms with Crippen LogP contribution < -0.4 is 0 Å². The Morgan fingerprint density at radius 2 is 2.17 bits per heavy atom. The smallest absolute Gasteiger partial charge is 0.337 e. The molecule has 0 unspecified atom stereocenters. The molecule has 3 rings (SSSR count). The van der Waals surface area contributed by atoms with E-state index < -0.39 is 10.9 Å². The van der Waals surface area contributed by atoms with Crippen molar-refractivity contribution in [2.45, 2.75) is 0 Å². The maximum absolute atomic E-state index is 11.5. The Hall–Kier alpha value is -3.13. The molecule has 0 bridgehead atoms. The predicted octanol–water partition coefficient (Wildman–Crippen LogP) is 3.74. The molecular weight excluding hydrogens is 330 g/mol. The fraction of sp³-hybridized carbons (Fsp3) is 0.0625. The van der Waals surface area contributed by atoms with Crippen molar-refractivity contribution in [1.29, 1.82) is 0 Å². The second-order valence-corrected chi connectivity index (χ2v) is 5.79. The summed E-state index contributed by atoms with van der Waals surface area (Å²) in [6, 6.07) is 11.2. The molecule has 24 heavy (non-hydrogen) atoms. The van der Waals surface area contributed by atoms with Gasteiger partial charge in [0.1, 0.15) is 0 Å². The number of thiazole rings is 1. The Labute approximate surface area is 140 Å². The highest BCUT2D eigenvalue weighted by Gasteiger charge is 2.09. The number of non-ortho nitro benzene ring substituents is 1. The summed E-state index contributed by atoms with van der Waals surface area (Å²) in [5.41, 5.74) is 1.78. The Kier molecular flexibility index (Phi) is 4.30. The van der Waals surface area contributed by atoms with E-state index in [0.717, 1.165) is 10.2 Å². The van der Waals surface area contributed by atoms with E-state index in [9.17, 15) is 14.9 Å². The molecule has 0 N–H and O–H groups in total. The number of hydrogen-bond acceptors (Lipinski definition) is 7. The quantitative estimate of drug-likeness (QED) is 0.312. The maximum Gasteiger partial charge on any atom is 0.337 e. The third kappa shape index (κ3) is 3.28. The summed E-state index contributed by atoms with van der Waals surface area (Å²) in [6.07, 6.45) is 1.52. The first kappa shape index (κ1) is 15.8. The first-order chi connectivity index (χ1) is 11.6. The summed E-state index contributed by atoms with van der Waals surface area (Å²) in [4.78, 5) is 30.5. The van der Waals surface area contributed by atoms with Crippen molar-refractivity contribution in [3.8, 4) is 0 Å². The lowest BCUT2D eigenvalue weighted by molar-refractivity contribution is -0.384. The van der Waals surface area contributed by atoms with Crippen molar-refractivity contribution in [2.24, 2.45) is 4.99 Å². The number of nitro benzene ring substituents is 1. The molecule has 0 aliphatic heterocycles. The normalized spacial score (nSPS) is 11.0. The zero-order valence-electron chi connectivity index (χ0n) is 12.5. The van der Waals surface area contributed by atoms with Crippen LogP contribution in [0.2, 0.25) is 0 Å². The van der Waals surface area contributed by atoms with Crippen LogP contribution in [0.1, 0.15) is 15.9 Å². The number of esters is 1.